The summed E-state index contributed by atoms with van der Waals surface area (Å²) in [6.07, 6.45) is 3.10. The Kier molecular flexibility index (Phi) is 2.56. The smallest absolute Gasteiger partial charge is 0.196 e. The molecule has 4 heteroatoms. The van der Waals surface area contributed by atoms with Gasteiger partial charge in [0.2, 0.25) is 0 Å². The van der Waals surface area contributed by atoms with E-state index in [-0.39, 0.29) is 5.78 Å². The molecule has 0 amide bonds. The number of carbonyl (C=O) groups excluding carboxylic acids is 1. The maximum Gasteiger partial charge on any atom is 0.196 e. The van der Waals surface area contributed by atoms with Crippen LogP contribution in [0.5, 0.6) is 0 Å². The molecule has 0 N–H and O–H groups in total. The molecule has 0 unspecified atom stereocenters. The fourth-order valence-electron chi connectivity index (χ4n) is 1.53. The second-order valence-corrected chi connectivity index (χ2v) is 3.69. The summed E-state index contributed by atoms with van der Waals surface area (Å²) in [4.78, 5) is 12.0. The zero-order valence-electron chi connectivity index (χ0n) is 9.07. The lowest BCUT2D eigenvalue weighted by atomic mass is 10.0. The molecule has 1 aromatic carbocycles. The molecule has 0 radical (unpaired) electrons. The highest BCUT2D eigenvalue weighted by Crippen LogP contribution is 2.15. The van der Waals surface area contributed by atoms with Crippen LogP contribution < -0.4 is 0 Å². The number of carbonyl (C=O) groups is 1. The molecule has 0 fully saturated rings. The van der Waals surface area contributed by atoms with Gasteiger partial charge in [-0.05, 0) is 24.6 Å². The third-order valence-electron chi connectivity index (χ3n) is 2.41. The van der Waals surface area contributed by atoms with E-state index in [1.165, 1.54) is 18.3 Å². The maximum absolute atomic E-state index is 13.1. The van der Waals surface area contributed by atoms with Crippen LogP contribution in [0.25, 0.3) is 0 Å². The first-order chi connectivity index (χ1) is 7.58. The first-order valence-electron chi connectivity index (χ1n) is 4.87. The van der Waals surface area contributed by atoms with Crippen LogP contribution in [0, 0.1) is 12.7 Å². The van der Waals surface area contributed by atoms with Crippen molar-refractivity contribution in [2.24, 2.45) is 7.05 Å². The summed E-state index contributed by atoms with van der Waals surface area (Å²) < 4.78 is 14.6. The number of ketones is 1. The van der Waals surface area contributed by atoms with Gasteiger partial charge in [0.25, 0.3) is 0 Å². The number of benzene rings is 1. The number of hydrogen-bond donors (Lipinski definition) is 0. The van der Waals surface area contributed by atoms with E-state index in [4.69, 9.17) is 0 Å². The highest BCUT2D eigenvalue weighted by atomic mass is 19.1. The molecule has 3 nitrogen and oxygen atoms in total. The Morgan fingerprint density at radius 3 is 2.81 bits per heavy atom. The van der Waals surface area contributed by atoms with Crippen LogP contribution in [0.4, 0.5) is 4.39 Å². The fraction of sp³-hybridized carbons (Fsp3) is 0.167. The van der Waals surface area contributed by atoms with Crippen molar-refractivity contribution in [1.29, 1.82) is 0 Å². The molecule has 0 saturated heterocycles. The Balaban J connectivity index is 2.45. The zero-order valence-corrected chi connectivity index (χ0v) is 9.07. The Bertz CT molecular complexity index is 546. The number of nitrogens with zero attached hydrogens (tertiary/aromatic N) is 2. The van der Waals surface area contributed by atoms with Gasteiger partial charge in [-0.3, -0.25) is 9.48 Å². The van der Waals surface area contributed by atoms with Crippen LogP contribution >= 0.6 is 0 Å². The van der Waals surface area contributed by atoms with Gasteiger partial charge < -0.3 is 0 Å². The number of hydrogen-bond acceptors (Lipinski definition) is 2. The van der Waals surface area contributed by atoms with Gasteiger partial charge in [0.1, 0.15) is 5.82 Å². The summed E-state index contributed by atoms with van der Waals surface area (Å²) in [5.41, 5.74) is 1.61. The van der Waals surface area contributed by atoms with Gasteiger partial charge in [-0.25, -0.2) is 4.39 Å². The van der Waals surface area contributed by atoms with Crippen LogP contribution in [0.15, 0.2) is 30.6 Å². The number of aryl methyl sites for hydroxylation is 2. The Morgan fingerprint density at radius 1 is 1.44 bits per heavy atom. The van der Waals surface area contributed by atoms with Crippen molar-refractivity contribution in [2.45, 2.75) is 6.92 Å². The highest BCUT2D eigenvalue weighted by molar-refractivity contribution is 6.09. The van der Waals surface area contributed by atoms with E-state index >= 15 is 0 Å². The minimum absolute atomic E-state index is 0.204. The molecule has 0 aliphatic heterocycles. The maximum atomic E-state index is 13.1. The molecule has 0 atom stereocenters. The molecule has 2 rings (SSSR count). The van der Waals surface area contributed by atoms with Crippen LogP contribution in [0.1, 0.15) is 21.5 Å². The van der Waals surface area contributed by atoms with E-state index in [1.54, 1.807) is 30.9 Å². The van der Waals surface area contributed by atoms with Gasteiger partial charge in [-0.15, -0.1) is 0 Å². The summed E-state index contributed by atoms with van der Waals surface area (Å²) in [6.45, 7) is 1.78. The average molecular weight is 218 g/mol. The monoisotopic (exact) mass is 218 g/mol. The van der Waals surface area contributed by atoms with E-state index in [9.17, 15) is 9.18 Å². The lowest BCUT2D eigenvalue weighted by Gasteiger charge is -2.02. The molecule has 1 aromatic heterocycles. The van der Waals surface area contributed by atoms with Gasteiger partial charge in [-0.1, -0.05) is 6.07 Å². The van der Waals surface area contributed by atoms with Gasteiger partial charge in [0.05, 0.1) is 11.8 Å². The van der Waals surface area contributed by atoms with Crippen molar-refractivity contribution in [1.82, 2.24) is 9.78 Å². The lowest BCUT2D eigenvalue weighted by Crippen LogP contribution is -2.03. The summed E-state index contributed by atoms with van der Waals surface area (Å²) in [7, 11) is 1.73. The molecule has 0 spiro atoms. The summed E-state index contributed by atoms with van der Waals surface area (Å²) >= 11 is 0. The number of halogens is 1. The van der Waals surface area contributed by atoms with E-state index in [0.29, 0.717) is 11.1 Å². The zero-order chi connectivity index (χ0) is 11.7. The quantitative estimate of drug-likeness (QED) is 0.723. The van der Waals surface area contributed by atoms with Crippen molar-refractivity contribution >= 4 is 5.78 Å². The van der Waals surface area contributed by atoms with Gasteiger partial charge in [0, 0.05) is 18.8 Å². The SMILES string of the molecule is Cc1ccc(F)cc1C(=O)c1cnn(C)c1. The van der Waals surface area contributed by atoms with Crippen molar-refractivity contribution in [3.8, 4) is 0 Å². The normalized spacial score (nSPS) is 10.4. The van der Waals surface area contributed by atoms with Crippen LogP contribution in [-0.4, -0.2) is 15.6 Å². The molecule has 2 aromatic rings. The standard InChI is InChI=1S/C12H11FN2O/c1-8-3-4-10(13)5-11(8)12(16)9-6-14-15(2)7-9/h3-7H,1-2H3. The molecule has 16 heavy (non-hydrogen) atoms. The largest absolute Gasteiger partial charge is 0.288 e. The van der Waals surface area contributed by atoms with Crippen LogP contribution in [0.2, 0.25) is 0 Å². The van der Waals surface area contributed by atoms with Gasteiger partial charge in [-0.2, -0.15) is 5.10 Å². The molecule has 0 bridgehead atoms. The highest BCUT2D eigenvalue weighted by Gasteiger charge is 2.13. The fourth-order valence-corrected chi connectivity index (χ4v) is 1.53. The molecule has 0 aliphatic carbocycles. The predicted octanol–water partition coefficient (Wildman–Crippen LogP) is 2.10. The Morgan fingerprint density at radius 2 is 2.19 bits per heavy atom. The Labute approximate surface area is 92.5 Å². The molecule has 0 aliphatic rings. The second-order valence-electron chi connectivity index (χ2n) is 3.69. The van der Waals surface area contributed by atoms with E-state index < -0.39 is 5.82 Å². The van der Waals surface area contributed by atoms with E-state index in [2.05, 4.69) is 5.10 Å². The van der Waals surface area contributed by atoms with Crippen LogP contribution in [-0.2, 0) is 7.05 Å². The van der Waals surface area contributed by atoms with Gasteiger partial charge in [0.15, 0.2) is 5.78 Å². The molecular weight excluding hydrogens is 207 g/mol. The van der Waals surface area contributed by atoms with Gasteiger partial charge >= 0.3 is 0 Å². The Hall–Kier alpha value is -1.97. The van der Waals surface area contributed by atoms with Crippen molar-refractivity contribution in [3.05, 3.63) is 53.1 Å². The minimum atomic E-state index is -0.405. The first kappa shape index (κ1) is 10.5. The molecule has 82 valence electrons. The third-order valence-corrected chi connectivity index (χ3v) is 2.41. The minimum Gasteiger partial charge on any atom is -0.288 e. The van der Waals surface area contributed by atoms with Crippen LogP contribution in [0.3, 0.4) is 0 Å². The number of aromatic nitrogens is 2. The lowest BCUT2D eigenvalue weighted by molar-refractivity contribution is 0.103. The predicted molar refractivity (Wildman–Crippen MR) is 57.8 cm³/mol. The van der Waals surface area contributed by atoms with E-state index in [1.807, 2.05) is 0 Å². The number of rotatable bonds is 2. The van der Waals surface area contributed by atoms with Crippen molar-refractivity contribution < 1.29 is 9.18 Å². The first-order valence-corrected chi connectivity index (χ1v) is 4.87. The average Bonchev–Trinajstić information content (AvgIpc) is 2.67. The second kappa shape index (κ2) is 3.89. The van der Waals surface area contributed by atoms with E-state index in [0.717, 1.165) is 5.56 Å². The molecular formula is C12H11FN2O. The summed E-state index contributed by atoms with van der Waals surface area (Å²) in [5.74, 6) is -0.608. The third kappa shape index (κ3) is 1.86. The molecule has 0 saturated carbocycles. The van der Waals surface area contributed by atoms with Crippen molar-refractivity contribution in [2.75, 3.05) is 0 Å². The topological polar surface area (TPSA) is 34.9 Å². The van der Waals surface area contributed by atoms with Crippen molar-refractivity contribution in [3.63, 3.8) is 0 Å². The molecule has 1 heterocycles. The summed E-state index contributed by atoms with van der Waals surface area (Å²) in [5, 5.41) is 3.92. The summed E-state index contributed by atoms with van der Waals surface area (Å²) in [6, 6.07) is 4.19.